The third-order valence-electron chi connectivity index (χ3n) is 5.35. The molecule has 0 saturated carbocycles. The number of aliphatic hydroxyl groups is 1. The van der Waals surface area contributed by atoms with E-state index in [0.29, 0.717) is 18.4 Å². The number of nitrogens with zero attached hydrogens (tertiary/aromatic N) is 3. The fourth-order valence-electron chi connectivity index (χ4n) is 3.71. The largest absolute Gasteiger partial charge is 0.472 e. The maximum atomic E-state index is 9.59. The van der Waals surface area contributed by atoms with E-state index in [9.17, 15) is 5.11 Å². The van der Waals surface area contributed by atoms with Crippen molar-refractivity contribution in [3.05, 3.63) is 89.5 Å². The van der Waals surface area contributed by atoms with Crippen molar-refractivity contribution in [2.75, 3.05) is 17.2 Å². The first-order valence-electron chi connectivity index (χ1n) is 10.3. The number of aromatic nitrogens is 2. The van der Waals surface area contributed by atoms with Crippen LogP contribution in [0, 0.1) is 0 Å². The van der Waals surface area contributed by atoms with Crippen LogP contribution in [0.15, 0.2) is 77.7 Å². The molecule has 5 nitrogen and oxygen atoms in total. The monoisotopic (exact) mass is 429 g/mol. The highest BCUT2D eigenvalue weighted by Gasteiger charge is 2.19. The fraction of sp³-hybridized carbons (Fsp3) is 0.200. The molecule has 31 heavy (non-hydrogen) atoms. The van der Waals surface area contributed by atoms with E-state index in [2.05, 4.69) is 29.2 Å². The van der Waals surface area contributed by atoms with E-state index in [4.69, 9.17) is 14.7 Å². The molecule has 156 valence electrons. The second-order valence-corrected chi connectivity index (χ2v) is 8.63. The van der Waals surface area contributed by atoms with Crippen LogP contribution in [-0.2, 0) is 19.8 Å². The molecule has 4 aromatic rings. The molecule has 0 radical (unpaired) electrons. The van der Waals surface area contributed by atoms with Gasteiger partial charge in [-0.15, -0.1) is 11.8 Å². The predicted molar refractivity (Wildman–Crippen MR) is 124 cm³/mol. The van der Waals surface area contributed by atoms with Gasteiger partial charge in [-0.05, 0) is 34.9 Å². The van der Waals surface area contributed by atoms with Crippen LogP contribution in [0.1, 0.15) is 16.7 Å². The van der Waals surface area contributed by atoms with Gasteiger partial charge in [0.15, 0.2) is 0 Å². The highest BCUT2D eigenvalue weighted by molar-refractivity contribution is 7.99. The van der Waals surface area contributed by atoms with Gasteiger partial charge in [0, 0.05) is 23.7 Å². The molecule has 0 spiro atoms. The lowest BCUT2D eigenvalue weighted by Crippen LogP contribution is -2.26. The number of hydrogen-bond donors (Lipinski definition) is 1. The topological polar surface area (TPSA) is 58.5 Å². The van der Waals surface area contributed by atoms with Crippen LogP contribution in [0.25, 0.3) is 10.9 Å². The van der Waals surface area contributed by atoms with Crippen molar-refractivity contribution in [2.45, 2.75) is 24.7 Å². The van der Waals surface area contributed by atoms with Gasteiger partial charge in [-0.25, -0.2) is 4.98 Å². The van der Waals surface area contributed by atoms with Gasteiger partial charge < -0.3 is 14.7 Å². The van der Waals surface area contributed by atoms with Gasteiger partial charge in [-0.2, -0.15) is 4.98 Å². The standard InChI is InChI=1S/C25H23N3O2S/c29-16-19-10-11-22-21(14-19)24(30-17-18-6-2-1-3-7-18)27-25(26-22)28-12-13-31-23-9-5-4-8-20(23)15-28/h1-11,14,29H,12-13,15-17H2. The SMILES string of the molecule is OCc1ccc2nc(N3CCSc4ccccc4C3)nc(OCc3ccccc3)c2c1. The van der Waals surface area contributed by atoms with Crippen LogP contribution in [0.3, 0.4) is 0 Å². The zero-order valence-corrected chi connectivity index (χ0v) is 17.9. The predicted octanol–water partition coefficient (Wildman–Crippen LogP) is 4.81. The Bertz CT molecular complexity index is 1200. The Hall–Kier alpha value is -3.09. The van der Waals surface area contributed by atoms with E-state index in [1.54, 1.807) is 0 Å². The second kappa shape index (κ2) is 8.96. The van der Waals surface area contributed by atoms with Crippen molar-refractivity contribution in [2.24, 2.45) is 0 Å². The molecule has 1 aliphatic heterocycles. The minimum atomic E-state index is -0.0318. The molecular weight excluding hydrogens is 406 g/mol. The molecule has 3 aromatic carbocycles. The zero-order valence-electron chi connectivity index (χ0n) is 17.1. The number of hydrogen-bond acceptors (Lipinski definition) is 6. The molecule has 0 unspecified atom stereocenters. The smallest absolute Gasteiger partial charge is 0.229 e. The van der Waals surface area contributed by atoms with Crippen molar-refractivity contribution in [3.63, 3.8) is 0 Å². The summed E-state index contributed by atoms with van der Waals surface area (Å²) in [6, 6.07) is 24.3. The average Bonchev–Trinajstić information content (AvgIpc) is 3.05. The van der Waals surface area contributed by atoms with Crippen LogP contribution in [0.4, 0.5) is 5.95 Å². The first-order chi connectivity index (χ1) is 15.3. The molecular formula is C25H23N3O2S. The molecule has 1 aliphatic rings. The number of aliphatic hydroxyl groups excluding tert-OH is 1. The average molecular weight is 430 g/mol. The maximum Gasteiger partial charge on any atom is 0.229 e. The Kier molecular flexibility index (Phi) is 5.74. The summed E-state index contributed by atoms with van der Waals surface area (Å²) < 4.78 is 6.17. The Morgan fingerprint density at radius 1 is 0.935 bits per heavy atom. The van der Waals surface area contributed by atoms with Crippen LogP contribution >= 0.6 is 11.8 Å². The molecule has 0 bridgehead atoms. The van der Waals surface area contributed by atoms with E-state index in [-0.39, 0.29) is 6.61 Å². The molecule has 0 amide bonds. The Balaban J connectivity index is 1.52. The highest BCUT2D eigenvalue weighted by Crippen LogP contribution is 2.31. The van der Waals surface area contributed by atoms with Crippen LogP contribution in [0.2, 0.25) is 0 Å². The Morgan fingerprint density at radius 3 is 2.65 bits per heavy atom. The number of ether oxygens (including phenoxy) is 1. The molecule has 6 heteroatoms. The van der Waals surface area contributed by atoms with Crippen molar-refractivity contribution in [1.82, 2.24) is 9.97 Å². The quantitative estimate of drug-likeness (QED) is 0.491. The summed E-state index contributed by atoms with van der Waals surface area (Å²) in [4.78, 5) is 13.2. The number of rotatable bonds is 5. The Labute approximate surface area is 185 Å². The number of fused-ring (bicyclic) bond motifs is 2. The summed E-state index contributed by atoms with van der Waals surface area (Å²) in [5.74, 6) is 2.19. The summed E-state index contributed by atoms with van der Waals surface area (Å²) in [6.07, 6.45) is 0. The van der Waals surface area contributed by atoms with Gasteiger partial charge in [0.05, 0.1) is 17.5 Å². The minimum Gasteiger partial charge on any atom is -0.472 e. The molecule has 0 atom stereocenters. The van der Waals surface area contributed by atoms with Crippen molar-refractivity contribution < 1.29 is 9.84 Å². The summed E-state index contributed by atoms with van der Waals surface area (Å²) in [5, 5.41) is 10.4. The van der Waals surface area contributed by atoms with Gasteiger partial charge >= 0.3 is 0 Å². The molecule has 1 aromatic heterocycles. The molecule has 0 fully saturated rings. The maximum absolute atomic E-state index is 9.59. The zero-order chi connectivity index (χ0) is 21.0. The van der Waals surface area contributed by atoms with E-state index in [1.165, 1.54) is 10.5 Å². The van der Waals surface area contributed by atoms with E-state index in [1.807, 2.05) is 60.3 Å². The van der Waals surface area contributed by atoms with Crippen LogP contribution in [-0.4, -0.2) is 27.4 Å². The van der Waals surface area contributed by atoms with Crippen LogP contribution < -0.4 is 9.64 Å². The van der Waals surface area contributed by atoms with Crippen molar-refractivity contribution >= 4 is 28.6 Å². The van der Waals surface area contributed by atoms with Crippen LogP contribution in [0.5, 0.6) is 5.88 Å². The second-order valence-electron chi connectivity index (χ2n) is 7.49. The van der Waals surface area contributed by atoms with E-state index in [0.717, 1.165) is 40.9 Å². The summed E-state index contributed by atoms with van der Waals surface area (Å²) in [6.45, 7) is 2.02. The number of anilines is 1. The van der Waals surface area contributed by atoms with Crippen molar-refractivity contribution in [1.29, 1.82) is 0 Å². The Morgan fingerprint density at radius 2 is 1.77 bits per heavy atom. The molecule has 5 rings (SSSR count). The first-order valence-corrected chi connectivity index (χ1v) is 11.3. The number of benzene rings is 3. The van der Waals surface area contributed by atoms with Gasteiger partial charge in [0.1, 0.15) is 6.61 Å². The fourth-order valence-corrected chi connectivity index (χ4v) is 4.73. The van der Waals surface area contributed by atoms with E-state index < -0.39 is 0 Å². The third-order valence-corrected chi connectivity index (χ3v) is 6.45. The lowest BCUT2D eigenvalue weighted by atomic mass is 10.1. The summed E-state index contributed by atoms with van der Waals surface area (Å²) in [5.41, 5.74) is 3.99. The van der Waals surface area contributed by atoms with Gasteiger partial charge in [0.2, 0.25) is 11.8 Å². The van der Waals surface area contributed by atoms with Gasteiger partial charge in [-0.3, -0.25) is 0 Å². The lowest BCUT2D eigenvalue weighted by Gasteiger charge is -2.22. The molecule has 1 N–H and O–H groups in total. The third kappa shape index (κ3) is 4.36. The van der Waals surface area contributed by atoms with Crippen molar-refractivity contribution in [3.8, 4) is 5.88 Å². The van der Waals surface area contributed by atoms with Gasteiger partial charge in [-0.1, -0.05) is 54.6 Å². The first kappa shape index (κ1) is 19.8. The normalized spacial score (nSPS) is 13.6. The lowest BCUT2D eigenvalue weighted by molar-refractivity contribution is 0.281. The summed E-state index contributed by atoms with van der Waals surface area (Å²) >= 11 is 1.87. The summed E-state index contributed by atoms with van der Waals surface area (Å²) in [7, 11) is 0. The van der Waals surface area contributed by atoms with Gasteiger partial charge in [0.25, 0.3) is 0 Å². The van der Waals surface area contributed by atoms with E-state index >= 15 is 0 Å². The molecule has 2 heterocycles. The number of thioether (sulfide) groups is 1. The minimum absolute atomic E-state index is 0.0318. The molecule has 0 saturated heterocycles. The highest BCUT2D eigenvalue weighted by atomic mass is 32.2. The molecule has 0 aliphatic carbocycles.